The molecule has 3 N–H and O–H groups in total. The van der Waals surface area contributed by atoms with Crippen LogP contribution in [0.4, 0.5) is 16.0 Å². The van der Waals surface area contributed by atoms with E-state index in [1.54, 1.807) is 25.1 Å². The largest absolute Gasteiger partial charge is 0.388 e. The number of hydrogen-bond acceptors (Lipinski definition) is 4. The number of nitrogens with two attached hydrogens (primary N) is 1. The number of nitrogens with one attached hydrogen (secondary N) is 1. The minimum atomic E-state index is -0.406. The van der Waals surface area contributed by atoms with Crippen molar-refractivity contribution in [3.63, 3.8) is 0 Å². The molecule has 0 atom stereocenters. The number of hydrogen-bond donors (Lipinski definition) is 2. The molecule has 0 radical (unpaired) electrons. The zero-order valence-electron chi connectivity index (χ0n) is 9.95. The van der Waals surface area contributed by atoms with Gasteiger partial charge in [0, 0.05) is 10.2 Å². The predicted octanol–water partition coefficient (Wildman–Crippen LogP) is 3.06. The van der Waals surface area contributed by atoms with E-state index in [0.29, 0.717) is 15.9 Å². The highest BCUT2D eigenvalue weighted by Crippen LogP contribution is 2.21. The Morgan fingerprint density at radius 2 is 2.11 bits per heavy atom. The minimum Gasteiger partial charge on any atom is -0.388 e. The highest BCUT2D eigenvalue weighted by Gasteiger charge is 2.08. The van der Waals surface area contributed by atoms with E-state index in [0.717, 1.165) is 0 Å². The van der Waals surface area contributed by atoms with E-state index in [1.807, 2.05) is 0 Å². The van der Waals surface area contributed by atoms with Gasteiger partial charge in [0.25, 0.3) is 0 Å². The summed E-state index contributed by atoms with van der Waals surface area (Å²) in [7, 11) is 0. The molecule has 1 aromatic heterocycles. The summed E-state index contributed by atoms with van der Waals surface area (Å²) in [5, 5.41) is 2.80. The highest BCUT2D eigenvalue weighted by atomic mass is 79.9. The molecule has 0 amide bonds. The second kappa shape index (κ2) is 5.58. The summed E-state index contributed by atoms with van der Waals surface area (Å²) in [4.78, 5) is 8.46. The molecule has 0 bridgehead atoms. The molecule has 0 saturated heterocycles. The van der Waals surface area contributed by atoms with Gasteiger partial charge in [0.1, 0.15) is 16.5 Å². The maximum Gasteiger partial charge on any atom is 0.228 e. The van der Waals surface area contributed by atoms with E-state index in [9.17, 15) is 4.39 Å². The van der Waals surface area contributed by atoms with Gasteiger partial charge in [0.2, 0.25) is 5.95 Å². The molecule has 1 heterocycles. The predicted molar refractivity (Wildman–Crippen MR) is 80.0 cm³/mol. The molecule has 1 aromatic carbocycles. The minimum absolute atomic E-state index is 0.171. The molecule has 0 aliphatic heterocycles. The Morgan fingerprint density at radius 1 is 1.37 bits per heavy atom. The van der Waals surface area contributed by atoms with Crippen molar-refractivity contribution >= 4 is 44.8 Å². The number of nitrogens with zero attached hydrogens (tertiary/aromatic N) is 2. The first kappa shape index (κ1) is 13.8. The van der Waals surface area contributed by atoms with Gasteiger partial charge in [-0.2, -0.15) is 0 Å². The maximum atomic E-state index is 13.7. The third kappa shape index (κ3) is 3.45. The first-order valence-electron chi connectivity index (χ1n) is 5.33. The quantitative estimate of drug-likeness (QED) is 0.840. The lowest BCUT2D eigenvalue weighted by Crippen LogP contribution is -2.14. The van der Waals surface area contributed by atoms with Crippen LogP contribution >= 0.6 is 28.1 Å². The molecule has 98 valence electrons. The molecule has 0 saturated carbocycles. The monoisotopic (exact) mass is 340 g/mol. The summed E-state index contributed by atoms with van der Waals surface area (Å²) in [6, 6.07) is 6.33. The van der Waals surface area contributed by atoms with E-state index in [1.165, 1.54) is 6.07 Å². The van der Waals surface area contributed by atoms with Crippen molar-refractivity contribution in [1.29, 1.82) is 0 Å². The Kier molecular flexibility index (Phi) is 4.06. The molecule has 0 unspecified atom stereocenters. The van der Waals surface area contributed by atoms with Gasteiger partial charge in [-0.05, 0) is 31.2 Å². The van der Waals surface area contributed by atoms with Crippen LogP contribution < -0.4 is 11.1 Å². The van der Waals surface area contributed by atoms with Crippen molar-refractivity contribution in [3.8, 4) is 0 Å². The Labute approximate surface area is 123 Å². The lowest BCUT2D eigenvalue weighted by Gasteiger charge is -2.08. The first-order valence-corrected chi connectivity index (χ1v) is 6.53. The van der Waals surface area contributed by atoms with Crippen LogP contribution in [0.5, 0.6) is 0 Å². The molecule has 19 heavy (non-hydrogen) atoms. The maximum absolute atomic E-state index is 13.7. The van der Waals surface area contributed by atoms with Gasteiger partial charge < -0.3 is 11.1 Å². The van der Waals surface area contributed by atoms with E-state index in [-0.39, 0.29) is 16.6 Å². The molecule has 2 rings (SSSR count). The van der Waals surface area contributed by atoms with Crippen LogP contribution in [0.2, 0.25) is 0 Å². The van der Waals surface area contributed by atoms with Crippen molar-refractivity contribution in [1.82, 2.24) is 9.97 Å². The number of halogens is 2. The van der Waals surface area contributed by atoms with Gasteiger partial charge in [-0.1, -0.05) is 28.1 Å². The second-order valence-electron chi connectivity index (χ2n) is 3.83. The standard InChI is InChI=1S/C12H10BrFN4S/c1-6-4-10(11(15)19)18-12(16-6)17-9-3-2-7(13)5-8(9)14/h2-5H,1H3,(H2,15,19)(H,16,17,18). The summed E-state index contributed by atoms with van der Waals surface area (Å²) in [6.45, 7) is 1.78. The van der Waals surface area contributed by atoms with Crippen molar-refractivity contribution in [2.45, 2.75) is 6.92 Å². The third-order valence-electron chi connectivity index (χ3n) is 2.28. The van der Waals surface area contributed by atoms with E-state index < -0.39 is 5.82 Å². The smallest absolute Gasteiger partial charge is 0.228 e. The highest BCUT2D eigenvalue weighted by molar-refractivity contribution is 9.10. The van der Waals surface area contributed by atoms with Gasteiger partial charge in [0.15, 0.2) is 0 Å². The molecule has 0 fully saturated rings. The SMILES string of the molecule is Cc1cc(C(N)=S)nc(Nc2ccc(Br)cc2F)n1. The fraction of sp³-hybridized carbons (Fsp3) is 0.0833. The Morgan fingerprint density at radius 3 is 2.74 bits per heavy atom. The van der Waals surface area contributed by atoms with Crippen LogP contribution in [0.1, 0.15) is 11.4 Å². The average Bonchev–Trinajstić information content (AvgIpc) is 2.32. The molecular formula is C12H10BrFN4S. The summed E-state index contributed by atoms with van der Waals surface area (Å²) in [6.07, 6.45) is 0. The summed E-state index contributed by atoms with van der Waals surface area (Å²) >= 11 is 8.06. The third-order valence-corrected chi connectivity index (χ3v) is 2.99. The van der Waals surface area contributed by atoms with Crippen LogP contribution in [0.15, 0.2) is 28.7 Å². The summed E-state index contributed by atoms with van der Waals surface area (Å²) < 4.78 is 14.4. The van der Waals surface area contributed by atoms with Gasteiger partial charge >= 0.3 is 0 Å². The second-order valence-corrected chi connectivity index (χ2v) is 5.19. The lowest BCUT2D eigenvalue weighted by molar-refractivity contribution is 0.630. The molecule has 4 nitrogen and oxygen atoms in total. The molecule has 0 spiro atoms. The number of aromatic nitrogens is 2. The van der Waals surface area contributed by atoms with Crippen LogP contribution in [-0.4, -0.2) is 15.0 Å². The number of benzene rings is 1. The van der Waals surface area contributed by atoms with Crippen LogP contribution in [0.25, 0.3) is 0 Å². The van der Waals surface area contributed by atoms with Crippen molar-refractivity contribution in [2.75, 3.05) is 5.32 Å². The van der Waals surface area contributed by atoms with E-state index in [2.05, 4.69) is 31.2 Å². The number of anilines is 2. The zero-order chi connectivity index (χ0) is 14.0. The molecule has 2 aromatic rings. The van der Waals surface area contributed by atoms with Crippen molar-refractivity contribution in [2.24, 2.45) is 5.73 Å². The van der Waals surface area contributed by atoms with Gasteiger partial charge in [0.05, 0.1) is 5.69 Å². The van der Waals surface area contributed by atoms with Crippen LogP contribution in [0, 0.1) is 12.7 Å². The molecular weight excluding hydrogens is 331 g/mol. The number of aryl methyl sites for hydroxylation is 1. The fourth-order valence-electron chi connectivity index (χ4n) is 1.46. The zero-order valence-corrected chi connectivity index (χ0v) is 12.3. The normalized spacial score (nSPS) is 10.3. The van der Waals surface area contributed by atoms with Crippen LogP contribution in [-0.2, 0) is 0 Å². The van der Waals surface area contributed by atoms with Crippen molar-refractivity contribution < 1.29 is 4.39 Å². The molecule has 0 aliphatic carbocycles. The van der Waals surface area contributed by atoms with Crippen molar-refractivity contribution in [3.05, 3.63) is 45.9 Å². The van der Waals surface area contributed by atoms with Crippen LogP contribution in [0.3, 0.4) is 0 Å². The molecule has 7 heteroatoms. The summed E-state index contributed by atoms with van der Waals surface area (Å²) in [5.41, 5.74) is 6.95. The van der Waals surface area contributed by atoms with Gasteiger partial charge in [-0.15, -0.1) is 0 Å². The van der Waals surface area contributed by atoms with E-state index in [4.69, 9.17) is 18.0 Å². The topological polar surface area (TPSA) is 63.8 Å². The lowest BCUT2D eigenvalue weighted by atomic mass is 10.3. The number of rotatable bonds is 3. The Hall–Kier alpha value is -1.60. The molecule has 0 aliphatic rings. The fourth-order valence-corrected chi connectivity index (χ4v) is 1.90. The first-order chi connectivity index (χ1) is 8.95. The average molecular weight is 341 g/mol. The van der Waals surface area contributed by atoms with Gasteiger partial charge in [-0.25, -0.2) is 14.4 Å². The van der Waals surface area contributed by atoms with Gasteiger partial charge in [-0.3, -0.25) is 0 Å². The summed E-state index contributed by atoms with van der Waals surface area (Å²) in [5.74, 6) is -0.152. The van der Waals surface area contributed by atoms with E-state index >= 15 is 0 Å². The Bertz CT molecular complexity index is 648. The number of thiocarbonyl (C=S) groups is 1. The Balaban J connectivity index is 2.35.